The molecule has 6 heteroatoms. The Hall–Kier alpha value is -2.89. The molecule has 0 fully saturated rings. The van der Waals surface area contributed by atoms with E-state index in [2.05, 4.69) is 19.0 Å². The van der Waals surface area contributed by atoms with Crippen LogP contribution in [0, 0.1) is 0 Å². The molecule has 0 saturated heterocycles. The van der Waals surface area contributed by atoms with E-state index in [0.29, 0.717) is 11.7 Å². The summed E-state index contributed by atoms with van der Waals surface area (Å²) in [5, 5.41) is 14.5. The Morgan fingerprint density at radius 1 is 1.21 bits per heavy atom. The summed E-state index contributed by atoms with van der Waals surface area (Å²) in [6.07, 6.45) is 0. The largest absolute Gasteiger partial charge is 0.503 e. The normalized spacial score (nSPS) is 17.8. The quantitative estimate of drug-likeness (QED) is 0.836. The average molecular weight is 382 g/mol. The van der Waals surface area contributed by atoms with Gasteiger partial charge in [0.05, 0.1) is 11.6 Å². The molecule has 2 heterocycles. The van der Waals surface area contributed by atoms with Gasteiger partial charge in [-0.15, -0.1) is 0 Å². The van der Waals surface area contributed by atoms with Crippen molar-refractivity contribution in [1.82, 2.24) is 5.16 Å². The van der Waals surface area contributed by atoms with Crippen molar-refractivity contribution in [3.8, 4) is 0 Å². The molecule has 1 N–H and O–H groups in total. The maximum Gasteiger partial charge on any atom is 0.295 e. The third kappa shape index (κ3) is 3.35. The lowest BCUT2D eigenvalue weighted by Crippen LogP contribution is -2.31. The lowest BCUT2D eigenvalue weighted by molar-refractivity contribution is -0.117. The maximum atomic E-state index is 12.8. The summed E-state index contributed by atoms with van der Waals surface area (Å²) < 4.78 is 5.43. The van der Waals surface area contributed by atoms with Gasteiger partial charge in [0.25, 0.3) is 5.91 Å². The number of aromatic nitrogens is 1. The number of carbonyl (C=O) groups is 2. The van der Waals surface area contributed by atoms with E-state index in [4.69, 9.17) is 4.52 Å². The van der Waals surface area contributed by atoms with Crippen molar-refractivity contribution in [3.05, 3.63) is 58.6 Å². The first-order chi connectivity index (χ1) is 13.0. The number of Topliss-reactive ketones (excluding diaryl/α,β-unsaturated/α-hetero) is 1. The number of amides is 1. The van der Waals surface area contributed by atoms with E-state index in [1.165, 1.54) is 11.8 Å². The SMILES string of the molecule is CC(=O)C1=C(O)C(=O)N(c2cc(C(C)(C)C)on2)[C@H]1c1ccc(C(C)C)cc1. The van der Waals surface area contributed by atoms with Crippen LogP contribution in [-0.4, -0.2) is 22.0 Å². The number of anilines is 1. The first-order valence-electron chi connectivity index (χ1n) is 9.37. The van der Waals surface area contributed by atoms with E-state index in [1.54, 1.807) is 6.07 Å². The fourth-order valence-electron chi connectivity index (χ4n) is 3.31. The molecule has 0 unspecified atom stereocenters. The van der Waals surface area contributed by atoms with E-state index in [-0.39, 0.29) is 22.6 Å². The van der Waals surface area contributed by atoms with Gasteiger partial charge in [0.15, 0.2) is 17.4 Å². The molecule has 3 rings (SSSR count). The van der Waals surface area contributed by atoms with Crippen LogP contribution in [0.1, 0.15) is 70.4 Å². The fourth-order valence-corrected chi connectivity index (χ4v) is 3.31. The Bertz CT molecular complexity index is 946. The van der Waals surface area contributed by atoms with Gasteiger partial charge in [0, 0.05) is 11.5 Å². The summed E-state index contributed by atoms with van der Waals surface area (Å²) in [5.74, 6) is -0.305. The Morgan fingerprint density at radius 2 is 1.82 bits per heavy atom. The Labute approximate surface area is 164 Å². The van der Waals surface area contributed by atoms with Crippen LogP contribution in [-0.2, 0) is 15.0 Å². The van der Waals surface area contributed by atoms with Crippen LogP contribution in [0.15, 0.2) is 46.2 Å². The lowest BCUT2D eigenvalue weighted by atomic mass is 9.93. The van der Waals surface area contributed by atoms with Crippen molar-refractivity contribution in [3.63, 3.8) is 0 Å². The van der Waals surface area contributed by atoms with Gasteiger partial charge < -0.3 is 9.63 Å². The number of hydrogen-bond acceptors (Lipinski definition) is 5. The molecule has 1 aliphatic heterocycles. The molecule has 1 amide bonds. The minimum absolute atomic E-state index is 0.0719. The highest BCUT2D eigenvalue weighted by atomic mass is 16.5. The van der Waals surface area contributed by atoms with Gasteiger partial charge >= 0.3 is 0 Å². The van der Waals surface area contributed by atoms with Crippen molar-refractivity contribution < 1.29 is 19.2 Å². The summed E-state index contributed by atoms with van der Waals surface area (Å²) in [7, 11) is 0. The van der Waals surface area contributed by atoms with Gasteiger partial charge in [-0.1, -0.05) is 64.0 Å². The second kappa shape index (κ2) is 6.93. The number of aliphatic hydroxyl groups is 1. The standard InChI is InChI=1S/C22H26N2O4/c1-12(2)14-7-9-15(10-8-14)19-18(13(3)25)20(26)21(27)24(19)17-11-16(28-23-17)22(4,5)6/h7-12,19,26H,1-6H3/t19-/m0/s1. The zero-order valence-corrected chi connectivity index (χ0v) is 17.1. The van der Waals surface area contributed by atoms with Crippen molar-refractivity contribution in [1.29, 1.82) is 0 Å². The second-order valence-electron chi connectivity index (χ2n) is 8.52. The minimum atomic E-state index is -0.746. The molecule has 0 radical (unpaired) electrons. The summed E-state index contributed by atoms with van der Waals surface area (Å²) in [4.78, 5) is 26.4. The highest BCUT2D eigenvalue weighted by molar-refractivity contribution is 6.15. The molecule has 0 bridgehead atoms. The highest BCUT2D eigenvalue weighted by Crippen LogP contribution is 2.41. The number of ketones is 1. The van der Waals surface area contributed by atoms with Crippen LogP contribution in [0.2, 0.25) is 0 Å². The van der Waals surface area contributed by atoms with E-state index in [0.717, 1.165) is 11.1 Å². The maximum absolute atomic E-state index is 12.8. The number of nitrogens with zero attached hydrogens (tertiary/aromatic N) is 2. The highest BCUT2D eigenvalue weighted by Gasteiger charge is 2.44. The molecular weight excluding hydrogens is 356 g/mol. The first kappa shape index (κ1) is 19.9. The van der Waals surface area contributed by atoms with Gasteiger partial charge in [-0.2, -0.15) is 0 Å². The minimum Gasteiger partial charge on any atom is -0.503 e. The predicted octanol–water partition coefficient (Wildman–Crippen LogP) is 4.58. The van der Waals surface area contributed by atoms with Crippen LogP contribution < -0.4 is 4.90 Å². The molecular formula is C22H26N2O4. The predicted molar refractivity (Wildman–Crippen MR) is 106 cm³/mol. The molecule has 1 atom stereocenters. The molecule has 148 valence electrons. The van der Waals surface area contributed by atoms with Crippen LogP contribution in [0.5, 0.6) is 0 Å². The Balaban J connectivity index is 2.11. The molecule has 0 saturated carbocycles. The topological polar surface area (TPSA) is 83.6 Å². The van der Waals surface area contributed by atoms with E-state index in [1.807, 2.05) is 45.0 Å². The van der Waals surface area contributed by atoms with E-state index < -0.39 is 17.7 Å². The summed E-state index contributed by atoms with van der Waals surface area (Å²) in [6, 6.07) is 8.64. The number of benzene rings is 1. The molecule has 1 aliphatic rings. The molecule has 1 aromatic heterocycles. The van der Waals surface area contributed by atoms with Crippen LogP contribution in [0.3, 0.4) is 0 Å². The molecule has 1 aromatic carbocycles. The van der Waals surface area contributed by atoms with Crippen LogP contribution in [0.4, 0.5) is 5.82 Å². The van der Waals surface area contributed by atoms with Crippen LogP contribution >= 0.6 is 0 Å². The molecule has 2 aromatic rings. The second-order valence-corrected chi connectivity index (χ2v) is 8.52. The van der Waals surface area contributed by atoms with E-state index >= 15 is 0 Å². The Morgan fingerprint density at radius 3 is 2.29 bits per heavy atom. The Kier molecular flexibility index (Phi) is 4.91. The van der Waals surface area contributed by atoms with Gasteiger partial charge in [0.2, 0.25) is 0 Å². The van der Waals surface area contributed by atoms with Crippen molar-refractivity contribution in [2.45, 2.75) is 58.9 Å². The van der Waals surface area contributed by atoms with Gasteiger partial charge in [0.1, 0.15) is 5.76 Å². The molecule has 0 spiro atoms. The third-order valence-electron chi connectivity index (χ3n) is 4.99. The fraction of sp³-hybridized carbons (Fsp3) is 0.409. The number of hydrogen-bond donors (Lipinski definition) is 1. The summed E-state index contributed by atoms with van der Waals surface area (Å²) in [6.45, 7) is 11.5. The average Bonchev–Trinajstić information content (AvgIpc) is 3.19. The zero-order chi connectivity index (χ0) is 20.8. The molecule has 28 heavy (non-hydrogen) atoms. The van der Waals surface area contributed by atoms with Gasteiger partial charge in [-0.25, -0.2) is 0 Å². The zero-order valence-electron chi connectivity index (χ0n) is 17.1. The number of carbonyl (C=O) groups excluding carboxylic acids is 2. The summed E-state index contributed by atoms with van der Waals surface area (Å²) in [5.41, 5.74) is 1.66. The molecule has 0 aliphatic carbocycles. The smallest absolute Gasteiger partial charge is 0.295 e. The van der Waals surface area contributed by atoms with Crippen molar-refractivity contribution in [2.75, 3.05) is 4.90 Å². The van der Waals surface area contributed by atoms with Crippen LogP contribution in [0.25, 0.3) is 0 Å². The van der Waals surface area contributed by atoms with E-state index in [9.17, 15) is 14.7 Å². The summed E-state index contributed by atoms with van der Waals surface area (Å²) >= 11 is 0. The first-order valence-corrected chi connectivity index (χ1v) is 9.37. The third-order valence-corrected chi connectivity index (χ3v) is 4.99. The van der Waals surface area contributed by atoms with Gasteiger partial charge in [-0.3, -0.25) is 14.5 Å². The van der Waals surface area contributed by atoms with Crippen molar-refractivity contribution >= 4 is 17.5 Å². The number of aliphatic hydroxyl groups excluding tert-OH is 1. The van der Waals surface area contributed by atoms with Crippen molar-refractivity contribution in [2.24, 2.45) is 0 Å². The molecule has 6 nitrogen and oxygen atoms in total. The number of rotatable bonds is 4. The van der Waals surface area contributed by atoms with Gasteiger partial charge in [-0.05, 0) is 24.0 Å². The lowest BCUT2D eigenvalue weighted by Gasteiger charge is -2.24. The monoisotopic (exact) mass is 382 g/mol.